The molecule has 1 N–H and O–H groups in total. The third kappa shape index (κ3) is 3.47. The van der Waals surface area contributed by atoms with Crippen LogP contribution in [0.2, 0.25) is 0 Å². The van der Waals surface area contributed by atoms with Gasteiger partial charge in [0, 0.05) is 32.9 Å². The maximum absolute atomic E-state index is 12.7. The summed E-state index contributed by atoms with van der Waals surface area (Å²) in [5, 5.41) is 3.20. The molecule has 0 saturated carbocycles. The van der Waals surface area contributed by atoms with Crippen LogP contribution in [0.25, 0.3) is 0 Å². The first-order valence-electron chi connectivity index (χ1n) is 7.82. The molecule has 2 heterocycles. The summed E-state index contributed by atoms with van der Waals surface area (Å²) in [6.07, 6.45) is 2.95. The Bertz CT molecular complexity index is 1040. The molecule has 1 aromatic carbocycles. The lowest BCUT2D eigenvalue weighted by atomic mass is 10.1. The molecule has 2 aromatic rings. The standard InChI is InChI=1S/C16H18N6O3S2/c1-21(2)15-18-14(19-16(20-15)26-4)17-9-12-13(23)10-7-5-6-8-11(10)22(3)27(12,24)25/h5-9H,1-4H3,(H,17,18,19,20). The number of nitrogens with one attached hydrogen (secondary N) is 1. The zero-order valence-corrected chi connectivity index (χ0v) is 16.8. The molecule has 0 bridgehead atoms. The third-order valence-corrected chi connectivity index (χ3v) is 6.19. The fraction of sp³-hybridized carbons (Fsp3) is 0.250. The molecule has 0 unspecified atom stereocenters. The van der Waals surface area contributed by atoms with E-state index in [0.717, 1.165) is 10.5 Å². The lowest BCUT2D eigenvalue weighted by Gasteiger charge is -2.27. The fourth-order valence-corrected chi connectivity index (χ4v) is 4.05. The fourth-order valence-electron chi connectivity index (χ4n) is 2.44. The maximum atomic E-state index is 12.7. The average molecular weight is 406 g/mol. The number of carbonyl (C=O) groups is 1. The summed E-state index contributed by atoms with van der Waals surface area (Å²) in [7, 11) is 0.989. The number of sulfonamides is 1. The number of anilines is 3. The minimum Gasteiger partial charge on any atom is -0.347 e. The summed E-state index contributed by atoms with van der Waals surface area (Å²) in [6, 6.07) is 6.56. The Balaban J connectivity index is 2.03. The lowest BCUT2D eigenvalue weighted by molar-refractivity contribution is 0.104. The van der Waals surface area contributed by atoms with Crippen LogP contribution in [-0.4, -0.2) is 56.6 Å². The summed E-state index contributed by atoms with van der Waals surface area (Å²) in [5.41, 5.74) is 0.664. The number of carbonyl (C=O) groups excluding carboxylic acids is 1. The summed E-state index contributed by atoms with van der Waals surface area (Å²) >= 11 is 1.32. The lowest BCUT2D eigenvalue weighted by Crippen LogP contribution is -2.36. The number of nitrogens with zero attached hydrogens (tertiary/aromatic N) is 5. The predicted molar refractivity (Wildman–Crippen MR) is 106 cm³/mol. The highest BCUT2D eigenvalue weighted by Gasteiger charge is 2.37. The average Bonchev–Trinajstić information content (AvgIpc) is 2.65. The number of fused-ring (bicyclic) bond motifs is 1. The van der Waals surface area contributed by atoms with Gasteiger partial charge in [-0.15, -0.1) is 0 Å². The van der Waals surface area contributed by atoms with Crippen molar-refractivity contribution in [3.63, 3.8) is 0 Å². The maximum Gasteiger partial charge on any atom is 0.269 e. The van der Waals surface area contributed by atoms with Gasteiger partial charge in [0.2, 0.25) is 17.7 Å². The first-order valence-corrected chi connectivity index (χ1v) is 10.5. The van der Waals surface area contributed by atoms with Crippen LogP contribution < -0.4 is 14.5 Å². The molecule has 1 aliphatic rings. The van der Waals surface area contributed by atoms with Crippen LogP contribution in [0.15, 0.2) is 40.5 Å². The molecule has 0 fully saturated rings. The Morgan fingerprint density at radius 3 is 2.56 bits per heavy atom. The van der Waals surface area contributed by atoms with Crippen LogP contribution in [0.1, 0.15) is 10.4 Å². The molecule has 0 amide bonds. The molecule has 0 spiro atoms. The van der Waals surface area contributed by atoms with Gasteiger partial charge in [-0.1, -0.05) is 23.9 Å². The van der Waals surface area contributed by atoms with Gasteiger partial charge in [-0.25, -0.2) is 8.42 Å². The second-order valence-corrected chi connectivity index (χ2v) is 8.52. The van der Waals surface area contributed by atoms with Gasteiger partial charge in [-0.2, -0.15) is 15.0 Å². The Kier molecular flexibility index (Phi) is 5.07. The number of Topliss-reactive ketones (excluding diaryl/α,β-unsaturated/α-hetero) is 1. The normalized spacial score (nSPS) is 17.0. The van der Waals surface area contributed by atoms with E-state index >= 15 is 0 Å². The van der Waals surface area contributed by atoms with Crippen molar-refractivity contribution in [3.05, 3.63) is 40.9 Å². The second kappa shape index (κ2) is 7.16. The summed E-state index contributed by atoms with van der Waals surface area (Å²) in [5.74, 6) is -0.0196. The highest BCUT2D eigenvalue weighted by atomic mass is 32.2. The topological polar surface area (TPSA) is 108 Å². The minimum absolute atomic E-state index is 0.148. The number of benzene rings is 1. The molecule has 9 nitrogen and oxygen atoms in total. The van der Waals surface area contributed by atoms with Crippen molar-refractivity contribution in [2.75, 3.05) is 41.9 Å². The second-order valence-electron chi connectivity index (χ2n) is 5.81. The van der Waals surface area contributed by atoms with Crippen molar-refractivity contribution in [1.29, 1.82) is 0 Å². The Labute approximate surface area is 161 Å². The van der Waals surface area contributed by atoms with Gasteiger partial charge in [-0.05, 0) is 18.4 Å². The van der Waals surface area contributed by atoms with Gasteiger partial charge in [0.05, 0.1) is 5.69 Å². The van der Waals surface area contributed by atoms with E-state index in [0.29, 0.717) is 22.4 Å². The molecule has 11 heteroatoms. The van der Waals surface area contributed by atoms with Crippen molar-refractivity contribution in [2.24, 2.45) is 0 Å². The van der Waals surface area contributed by atoms with Crippen molar-refractivity contribution >= 4 is 45.2 Å². The van der Waals surface area contributed by atoms with Crippen LogP contribution in [-0.2, 0) is 10.0 Å². The number of aromatic nitrogens is 3. The highest BCUT2D eigenvalue weighted by molar-refractivity contribution is 7.98. The zero-order valence-electron chi connectivity index (χ0n) is 15.2. The van der Waals surface area contributed by atoms with Crippen LogP contribution in [0.4, 0.5) is 17.6 Å². The molecule has 0 saturated heterocycles. The van der Waals surface area contributed by atoms with Gasteiger partial charge in [-0.3, -0.25) is 9.10 Å². The van der Waals surface area contributed by atoms with Gasteiger partial charge in [0.15, 0.2) is 10.1 Å². The van der Waals surface area contributed by atoms with E-state index in [-0.39, 0.29) is 10.9 Å². The molecule has 0 aliphatic carbocycles. The largest absolute Gasteiger partial charge is 0.347 e. The summed E-state index contributed by atoms with van der Waals surface area (Å²) < 4.78 is 26.6. The van der Waals surface area contributed by atoms with E-state index in [1.54, 1.807) is 43.3 Å². The SMILES string of the molecule is CSc1nc(NC=C2C(=O)c3ccccc3N(C)S2(=O)=O)nc(N(C)C)n1. The Hall–Kier alpha value is -2.66. The molecule has 142 valence electrons. The van der Waals surface area contributed by atoms with Gasteiger partial charge >= 0.3 is 0 Å². The van der Waals surface area contributed by atoms with Gasteiger partial charge < -0.3 is 10.2 Å². The highest BCUT2D eigenvalue weighted by Crippen LogP contribution is 2.33. The number of para-hydroxylation sites is 1. The van der Waals surface area contributed by atoms with Crippen LogP contribution in [0.5, 0.6) is 0 Å². The Morgan fingerprint density at radius 2 is 1.89 bits per heavy atom. The minimum atomic E-state index is -3.98. The third-order valence-electron chi connectivity index (χ3n) is 3.87. The van der Waals surface area contributed by atoms with Gasteiger partial charge in [0.1, 0.15) is 0 Å². The van der Waals surface area contributed by atoms with E-state index < -0.39 is 15.8 Å². The predicted octanol–water partition coefficient (Wildman–Crippen LogP) is 1.58. The van der Waals surface area contributed by atoms with Crippen LogP contribution in [0.3, 0.4) is 0 Å². The van der Waals surface area contributed by atoms with Crippen molar-refractivity contribution in [1.82, 2.24) is 15.0 Å². The monoisotopic (exact) mass is 406 g/mol. The molecular weight excluding hydrogens is 388 g/mol. The van der Waals surface area contributed by atoms with Crippen molar-refractivity contribution < 1.29 is 13.2 Å². The first kappa shape index (κ1) is 19.1. The van der Waals surface area contributed by atoms with Crippen LogP contribution >= 0.6 is 11.8 Å². The van der Waals surface area contributed by atoms with E-state index in [1.807, 2.05) is 6.26 Å². The molecular formula is C16H18N6O3S2. The number of ketones is 1. The molecule has 3 rings (SSSR count). The van der Waals surface area contributed by atoms with E-state index in [1.165, 1.54) is 18.8 Å². The molecule has 0 atom stereocenters. The number of hydrogen-bond acceptors (Lipinski definition) is 9. The summed E-state index contributed by atoms with van der Waals surface area (Å²) in [4.78, 5) is 26.7. The number of rotatable bonds is 4. The Morgan fingerprint density at radius 1 is 1.19 bits per heavy atom. The molecule has 0 radical (unpaired) electrons. The molecule has 27 heavy (non-hydrogen) atoms. The first-order chi connectivity index (χ1) is 12.8. The van der Waals surface area contributed by atoms with E-state index in [4.69, 9.17) is 0 Å². The van der Waals surface area contributed by atoms with Crippen LogP contribution in [0, 0.1) is 0 Å². The quantitative estimate of drug-likeness (QED) is 0.598. The van der Waals surface area contributed by atoms with Crippen molar-refractivity contribution in [3.8, 4) is 0 Å². The number of hydrogen-bond donors (Lipinski definition) is 1. The molecule has 1 aromatic heterocycles. The summed E-state index contributed by atoms with van der Waals surface area (Å²) in [6.45, 7) is 0. The van der Waals surface area contributed by atoms with E-state index in [9.17, 15) is 13.2 Å². The van der Waals surface area contributed by atoms with Gasteiger partial charge in [0.25, 0.3) is 10.0 Å². The number of allylic oxidation sites excluding steroid dienone is 1. The smallest absolute Gasteiger partial charge is 0.269 e. The van der Waals surface area contributed by atoms with E-state index in [2.05, 4.69) is 20.3 Å². The number of thioether (sulfide) groups is 1. The molecule has 1 aliphatic heterocycles. The van der Waals surface area contributed by atoms with Crippen molar-refractivity contribution in [2.45, 2.75) is 5.16 Å². The zero-order chi connectivity index (χ0) is 19.8.